The van der Waals surface area contributed by atoms with Gasteiger partial charge in [-0.25, -0.2) is 13.2 Å². The molecule has 0 fully saturated rings. The molecule has 0 heterocycles. The molecule has 0 aliphatic carbocycles. The highest BCUT2D eigenvalue weighted by Gasteiger charge is 2.19. The molecule has 0 aromatic heterocycles. The fraction of sp³-hybridized carbons (Fsp3) is 0.0476. The maximum atomic E-state index is 12.5. The number of para-hydroxylation sites is 1. The Kier molecular flexibility index (Phi) is 6.76. The van der Waals surface area contributed by atoms with Crippen LogP contribution in [-0.2, 0) is 14.8 Å². The lowest BCUT2D eigenvalue weighted by Gasteiger charge is -2.12. The van der Waals surface area contributed by atoms with Gasteiger partial charge in [0.15, 0.2) is 0 Å². The lowest BCUT2D eigenvalue weighted by atomic mass is 10.2. The summed E-state index contributed by atoms with van der Waals surface area (Å²) in [5.41, 5.74) is 0.410. The van der Waals surface area contributed by atoms with Crippen LogP contribution in [0.1, 0.15) is 10.4 Å². The van der Waals surface area contributed by atoms with E-state index in [2.05, 4.69) is 10.0 Å². The van der Waals surface area contributed by atoms with E-state index in [4.69, 9.17) is 0 Å². The van der Waals surface area contributed by atoms with E-state index < -0.39 is 16.0 Å². The van der Waals surface area contributed by atoms with Crippen molar-refractivity contribution in [2.75, 3.05) is 15.8 Å². The third kappa shape index (κ3) is 5.62. The van der Waals surface area contributed by atoms with Gasteiger partial charge in [0.05, 0.1) is 21.9 Å². The average Bonchev–Trinajstić information content (AvgIpc) is 2.74. The Hall–Kier alpha value is -3.30. The molecule has 3 N–H and O–H groups in total. The topological polar surface area (TPSA) is 113 Å². The highest BCUT2D eigenvalue weighted by molar-refractivity contribution is 8.00. The summed E-state index contributed by atoms with van der Waals surface area (Å²) < 4.78 is 27.3. The van der Waals surface area contributed by atoms with E-state index in [0.29, 0.717) is 10.6 Å². The van der Waals surface area contributed by atoms with Crippen molar-refractivity contribution in [1.82, 2.24) is 0 Å². The molecule has 3 aromatic rings. The zero-order chi connectivity index (χ0) is 21.6. The van der Waals surface area contributed by atoms with Gasteiger partial charge in [0, 0.05) is 10.6 Å². The van der Waals surface area contributed by atoms with Crippen molar-refractivity contribution < 1.29 is 23.1 Å². The first kappa shape index (κ1) is 21.4. The van der Waals surface area contributed by atoms with E-state index in [1.807, 2.05) is 6.07 Å². The summed E-state index contributed by atoms with van der Waals surface area (Å²) in [5.74, 6) is -1.45. The molecular weight excluding hydrogens is 424 g/mol. The highest BCUT2D eigenvalue weighted by atomic mass is 32.2. The molecule has 3 aromatic carbocycles. The molecule has 0 radical (unpaired) electrons. The van der Waals surface area contributed by atoms with Gasteiger partial charge in [0.25, 0.3) is 10.0 Å². The maximum Gasteiger partial charge on any atom is 0.337 e. The summed E-state index contributed by atoms with van der Waals surface area (Å²) in [6.07, 6.45) is 0. The fourth-order valence-electron chi connectivity index (χ4n) is 2.55. The van der Waals surface area contributed by atoms with Gasteiger partial charge in [0.2, 0.25) is 5.91 Å². The Morgan fingerprint density at radius 2 is 1.53 bits per heavy atom. The summed E-state index contributed by atoms with van der Waals surface area (Å²) in [4.78, 5) is 24.3. The molecule has 0 aliphatic rings. The van der Waals surface area contributed by atoms with Crippen molar-refractivity contribution >= 4 is 45.0 Å². The van der Waals surface area contributed by atoms with Gasteiger partial charge in [-0.05, 0) is 42.5 Å². The molecule has 30 heavy (non-hydrogen) atoms. The van der Waals surface area contributed by atoms with Gasteiger partial charge in [-0.15, -0.1) is 11.8 Å². The van der Waals surface area contributed by atoms with Crippen LogP contribution in [0.15, 0.2) is 88.7 Å². The van der Waals surface area contributed by atoms with Gasteiger partial charge >= 0.3 is 5.97 Å². The molecule has 154 valence electrons. The number of carbonyl (C=O) groups excluding carboxylic acids is 1. The van der Waals surface area contributed by atoms with Crippen molar-refractivity contribution in [1.29, 1.82) is 0 Å². The number of amides is 1. The van der Waals surface area contributed by atoms with Crippen LogP contribution in [0.5, 0.6) is 0 Å². The normalized spacial score (nSPS) is 10.9. The van der Waals surface area contributed by atoms with Crippen LogP contribution in [0.25, 0.3) is 0 Å². The Morgan fingerprint density at radius 3 is 2.17 bits per heavy atom. The number of anilines is 2. The van der Waals surface area contributed by atoms with E-state index in [9.17, 15) is 23.1 Å². The zero-order valence-electron chi connectivity index (χ0n) is 15.6. The monoisotopic (exact) mass is 442 g/mol. The predicted octanol–water partition coefficient (Wildman–Crippen LogP) is 3.92. The Balaban J connectivity index is 1.72. The number of hydrogen-bond donors (Lipinski definition) is 3. The number of thioether (sulfide) groups is 1. The molecule has 0 unspecified atom stereocenters. The Morgan fingerprint density at radius 1 is 0.900 bits per heavy atom. The second-order valence-corrected chi connectivity index (χ2v) is 8.87. The van der Waals surface area contributed by atoms with Gasteiger partial charge in [-0.1, -0.05) is 36.4 Å². The van der Waals surface area contributed by atoms with E-state index in [-0.39, 0.29) is 27.8 Å². The number of carbonyl (C=O) groups is 2. The third-order valence-electron chi connectivity index (χ3n) is 3.95. The molecule has 0 atom stereocenters. The predicted molar refractivity (Wildman–Crippen MR) is 116 cm³/mol. The third-order valence-corrected chi connectivity index (χ3v) is 6.32. The van der Waals surface area contributed by atoms with Crippen LogP contribution in [0, 0.1) is 0 Å². The summed E-state index contributed by atoms with van der Waals surface area (Å²) in [5, 5.41) is 12.2. The van der Waals surface area contributed by atoms with Crippen LogP contribution in [0.3, 0.4) is 0 Å². The van der Waals surface area contributed by atoms with Gasteiger partial charge in [-0.2, -0.15) is 0 Å². The Labute approximate surface area is 178 Å². The quantitative estimate of drug-likeness (QED) is 0.456. The first-order valence-electron chi connectivity index (χ1n) is 8.78. The minimum absolute atomic E-state index is 0.0253. The number of benzene rings is 3. The summed E-state index contributed by atoms with van der Waals surface area (Å²) in [6.45, 7) is 0. The number of carboxylic acid groups (broad SMARTS) is 1. The van der Waals surface area contributed by atoms with E-state index in [1.54, 1.807) is 48.5 Å². The highest BCUT2D eigenvalue weighted by Crippen LogP contribution is 2.27. The minimum Gasteiger partial charge on any atom is -0.478 e. The Bertz CT molecular complexity index is 1150. The number of sulfonamides is 1. The number of nitrogens with one attached hydrogen (secondary N) is 2. The largest absolute Gasteiger partial charge is 0.478 e. The SMILES string of the molecule is O=C(CSc1ccc(NS(=O)(=O)c2ccccc2)c(C(=O)O)c1)Nc1ccccc1. The van der Waals surface area contributed by atoms with Crippen molar-refractivity contribution in [2.24, 2.45) is 0 Å². The molecule has 1 amide bonds. The number of carboxylic acids is 1. The molecule has 0 saturated carbocycles. The molecular formula is C21H18N2O5S2. The van der Waals surface area contributed by atoms with Crippen molar-refractivity contribution in [3.63, 3.8) is 0 Å². The minimum atomic E-state index is -3.93. The van der Waals surface area contributed by atoms with Crippen molar-refractivity contribution in [2.45, 2.75) is 9.79 Å². The second-order valence-electron chi connectivity index (χ2n) is 6.13. The van der Waals surface area contributed by atoms with E-state index >= 15 is 0 Å². The standard InChI is InChI=1S/C21H18N2O5S2/c24-20(22-15-7-3-1-4-8-15)14-29-16-11-12-19(18(13-16)21(25)26)23-30(27,28)17-9-5-2-6-10-17/h1-13,23H,14H2,(H,22,24)(H,25,26). The van der Waals surface area contributed by atoms with Crippen molar-refractivity contribution in [3.05, 3.63) is 84.4 Å². The number of hydrogen-bond acceptors (Lipinski definition) is 5. The molecule has 0 bridgehead atoms. The number of rotatable bonds is 8. The summed E-state index contributed by atoms with van der Waals surface area (Å²) in [6, 6.07) is 20.9. The lowest BCUT2D eigenvalue weighted by Crippen LogP contribution is -2.16. The van der Waals surface area contributed by atoms with Crippen molar-refractivity contribution in [3.8, 4) is 0 Å². The van der Waals surface area contributed by atoms with E-state index in [1.165, 1.54) is 24.3 Å². The fourth-order valence-corrected chi connectivity index (χ4v) is 4.39. The molecule has 0 aliphatic heterocycles. The van der Waals surface area contributed by atoms with Crippen LogP contribution >= 0.6 is 11.8 Å². The zero-order valence-corrected chi connectivity index (χ0v) is 17.2. The molecule has 9 heteroatoms. The van der Waals surface area contributed by atoms with Gasteiger partial charge < -0.3 is 10.4 Å². The smallest absolute Gasteiger partial charge is 0.337 e. The van der Waals surface area contributed by atoms with Gasteiger partial charge in [-0.3, -0.25) is 9.52 Å². The maximum absolute atomic E-state index is 12.5. The van der Waals surface area contributed by atoms with Gasteiger partial charge in [0.1, 0.15) is 0 Å². The first-order valence-corrected chi connectivity index (χ1v) is 11.2. The second kappa shape index (κ2) is 9.47. The molecule has 7 nitrogen and oxygen atoms in total. The first-order chi connectivity index (χ1) is 14.3. The summed E-state index contributed by atoms with van der Waals surface area (Å²) >= 11 is 1.15. The molecule has 0 saturated heterocycles. The molecule has 0 spiro atoms. The average molecular weight is 443 g/mol. The van der Waals surface area contributed by atoms with Crippen LogP contribution < -0.4 is 10.0 Å². The summed E-state index contributed by atoms with van der Waals surface area (Å²) in [7, 11) is -3.93. The van der Waals surface area contributed by atoms with E-state index in [0.717, 1.165) is 11.8 Å². The van der Waals surface area contributed by atoms with Crippen LogP contribution in [0.2, 0.25) is 0 Å². The number of aromatic carboxylic acids is 1. The molecule has 3 rings (SSSR count). The lowest BCUT2D eigenvalue weighted by molar-refractivity contribution is -0.113. The van der Waals surface area contributed by atoms with Crippen LogP contribution in [-0.4, -0.2) is 31.2 Å². The van der Waals surface area contributed by atoms with Crippen LogP contribution in [0.4, 0.5) is 11.4 Å².